The Morgan fingerprint density at radius 2 is 1.97 bits per heavy atom. The van der Waals surface area contributed by atoms with Crippen LogP contribution < -0.4 is 16.2 Å². The van der Waals surface area contributed by atoms with E-state index in [9.17, 15) is 10.1 Å². The lowest BCUT2D eigenvalue weighted by Gasteiger charge is -2.29. The van der Waals surface area contributed by atoms with Crippen LogP contribution in [0, 0.1) is 11.3 Å². The highest BCUT2D eigenvalue weighted by Crippen LogP contribution is 2.35. The van der Waals surface area contributed by atoms with Crippen LogP contribution in [0.1, 0.15) is 17.8 Å². The predicted molar refractivity (Wildman–Crippen MR) is 129 cm³/mol. The van der Waals surface area contributed by atoms with Gasteiger partial charge in [0.1, 0.15) is 22.3 Å². The molecule has 0 bridgehead atoms. The Balaban J connectivity index is 1.61. The number of fused-ring (bicyclic) bond motifs is 1. The monoisotopic (exact) mass is 473 g/mol. The molecule has 1 saturated heterocycles. The summed E-state index contributed by atoms with van der Waals surface area (Å²) in [6.07, 6.45) is 5.58. The molecule has 5 rings (SSSR count). The number of pyridine rings is 2. The molecule has 0 aliphatic carbocycles. The molecular formula is C24H20ClN7O2. The van der Waals surface area contributed by atoms with Crippen molar-refractivity contribution in [3.05, 3.63) is 81.9 Å². The van der Waals surface area contributed by atoms with Crippen LogP contribution in [-0.2, 0) is 17.3 Å². The minimum Gasteiger partial charge on any atom is -0.378 e. The van der Waals surface area contributed by atoms with Crippen LogP contribution in [0.3, 0.4) is 0 Å². The number of aromatic nitrogens is 4. The quantitative estimate of drug-likeness (QED) is 0.421. The average molecular weight is 474 g/mol. The Labute approximate surface area is 200 Å². The van der Waals surface area contributed by atoms with Crippen LogP contribution in [-0.4, -0.2) is 32.7 Å². The third-order valence-electron chi connectivity index (χ3n) is 5.93. The van der Waals surface area contributed by atoms with Crippen molar-refractivity contribution in [3.63, 3.8) is 0 Å². The molecule has 1 atom stereocenters. The third kappa shape index (κ3) is 3.83. The number of nitrogens with one attached hydrogen (secondary N) is 2. The van der Waals surface area contributed by atoms with E-state index < -0.39 is 5.54 Å². The van der Waals surface area contributed by atoms with Crippen LogP contribution in [0.2, 0.25) is 5.15 Å². The van der Waals surface area contributed by atoms with Crippen molar-refractivity contribution in [2.24, 2.45) is 7.05 Å². The molecular weight excluding hydrogens is 454 g/mol. The molecule has 10 heteroatoms. The van der Waals surface area contributed by atoms with Gasteiger partial charge in [-0.1, -0.05) is 11.6 Å². The molecule has 0 amide bonds. The SMILES string of the molecule is Cn1c(=O)cc(NC2(c3ncccn3)CCOC2)c2cc(Nc3ccnc(Cl)c3C#N)ccc21. The summed E-state index contributed by atoms with van der Waals surface area (Å²) < 4.78 is 7.29. The van der Waals surface area contributed by atoms with Crippen LogP contribution in [0.15, 0.2) is 59.8 Å². The Hall–Kier alpha value is -4.00. The summed E-state index contributed by atoms with van der Waals surface area (Å²) in [5.41, 5.74) is 2.11. The molecule has 2 N–H and O–H groups in total. The van der Waals surface area contributed by atoms with E-state index in [0.717, 1.165) is 16.6 Å². The summed E-state index contributed by atoms with van der Waals surface area (Å²) in [7, 11) is 1.73. The van der Waals surface area contributed by atoms with Gasteiger partial charge in [0, 0.05) is 61.5 Å². The fourth-order valence-corrected chi connectivity index (χ4v) is 4.34. The molecule has 1 fully saturated rings. The third-order valence-corrected chi connectivity index (χ3v) is 6.22. The summed E-state index contributed by atoms with van der Waals surface area (Å²) in [4.78, 5) is 25.6. The summed E-state index contributed by atoms with van der Waals surface area (Å²) in [5.74, 6) is 0.612. The van der Waals surface area contributed by atoms with Gasteiger partial charge in [0.05, 0.1) is 17.8 Å². The number of halogens is 1. The maximum atomic E-state index is 12.8. The van der Waals surface area contributed by atoms with E-state index in [2.05, 4.69) is 31.7 Å². The molecule has 4 aromatic rings. The molecule has 0 radical (unpaired) electrons. The molecule has 170 valence electrons. The number of hydrogen-bond acceptors (Lipinski definition) is 8. The Morgan fingerprint density at radius 3 is 2.71 bits per heavy atom. The molecule has 9 nitrogen and oxygen atoms in total. The fourth-order valence-electron chi connectivity index (χ4n) is 4.14. The zero-order valence-corrected chi connectivity index (χ0v) is 19.0. The van der Waals surface area contributed by atoms with Crippen molar-refractivity contribution in [2.75, 3.05) is 23.8 Å². The van der Waals surface area contributed by atoms with Crippen molar-refractivity contribution in [3.8, 4) is 6.07 Å². The standard InChI is InChI=1S/C24H20ClN7O2/c1-32-20-4-3-15(30-18-5-9-27-22(25)17(18)13-26)11-16(20)19(12-21(32)33)31-24(6-10-34-14-24)23-28-7-2-8-29-23/h2-5,7-9,11-12,31H,6,10,14H2,1H3,(H,27,30). The van der Waals surface area contributed by atoms with Crippen LogP contribution in [0.25, 0.3) is 10.9 Å². The second kappa shape index (κ2) is 8.74. The topological polar surface area (TPSA) is 118 Å². The van der Waals surface area contributed by atoms with E-state index in [1.54, 1.807) is 42.2 Å². The minimum absolute atomic E-state index is 0.129. The van der Waals surface area contributed by atoms with Gasteiger partial charge in [0.2, 0.25) is 0 Å². The number of nitriles is 1. The van der Waals surface area contributed by atoms with Crippen LogP contribution in [0.5, 0.6) is 0 Å². The van der Waals surface area contributed by atoms with Gasteiger partial charge in [-0.3, -0.25) is 4.79 Å². The van der Waals surface area contributed by atoms with Gasteiger partial charge in [0.25, 0.3) is 5.56 Å². The number of benzene rings is 1. The highest BCUT2D eigenvalue weighted by Gasteiger charge is 2.40. The first-order valence-electron chi connectivity index (χ1n) is 10.6. The van der Waals surface area contributed by atoms with Crippen LogP contribution in [0.4, 0.5) is 17.1 Å². The van der Waals surface area contributed by atoms with Crippen molar-refractivity contribution in [2.45, 2.75) is 12.0 Å². The Bertz CT molecular complexity index is 1470. The van der Waals surface area contributed by atoms with Crippen molar-refractivity contribution in [1.29, 1.82) is 5.26 Å². The van der Waals surface area contributed by atoms with E-state index in [1.807, 2.05) is 18.2 Å². The molecule has 0 spiro atoms. The van der Waals surface area contributed by atoms with Gasteiger partial charge in [-0.15, -0.1) is 0 Å². The molecule has 34 heavy (non-hydrogen) atoms. The maximum Gasteiger partial charge on any atom is 0.252 e. The summed E-state index contributed by atoms with van der Waals surface area (Å²) in [6, 6.07) is 12.7. The van der Waals surface area contributed by atoms with E-state index in [0.29, 0.717) is 36.8 Å². The molecule has 4 heterocycles. The van der Waals surface area contributed by atoms with Crippen LogP contribution >= 0.6 is 11.6 Å². The van der Waals surface area contributed by atoms with Crippen molar-refractivity contribution < 1.29 is 4.74 Å². The van der Waals surface area contributed by atoms with Gasteiger partial charge in [-0.2, -0.15) is 5.26 Å². The normalized spacial score (nSPS) is 17.4. The van der Waals surface area contributed by atoms with Gasteiger partial charge >= 0.3 is 0 Å². The zero-order chi connectivity index (χ0) is 23.7. The van der Waals surface area contributed by atoms with E-state index in [4.69, 9.17) is 16.3 Å². The van der Waals surface area contributed by atoms with E-state index >= 15 is 0 Å². The maximum absolute atomic E-state index is 12.8. The predicted octanol–water partition coefficient (Wildman–Crippen LogP) is 3.72. The zero-order valence-electron chi connectivity index (χ0n) is 18.2. The smallest absolute Gasteiger partial charge is 0.252 e. The van der Waals surface area contributed by atoms with Gasteiger partial charge in [0.15, 0.2) is 5.82 Å². The first-order valence-corrected chi connectivity index (χ1v) is 11.0. The molecule has 1 unspecified atom stereocenters. The number of aryl methyl sites for hydroxylation is 1. The van der Waals surface area contributed by atoms with Crippen molar-refractivity contribution in [1.82, 2.24) is 19.5 Å². The average Bonchev–Trinajstić information content (AvgIpc) is 3.33. The molecule has 1 aliphatic heterocycles. The van der Waals surface area contributed by atoms with Gasteiger partial charge in [-0.05, 0) is 30.3 Å². The largest absolute Gasteiger partial charge is 0.378 e. The molecule has 1 aliphatic rings. The van der Waals surface area contributed by atoms with Gasteiger partial charge < -0.3 is 19.9 Å². The molecule has 1 aromatic carbocycles. The molecule has 3 aromatic heterocycles. The second-order valence-electron chi connectivity index (χ2n) is 8.03. The highest BCUT2D eigenvalue weighted by molar-refractivity contribution is 6.31. The van der Waals surface area contributed by atoms with Crippen molar-refractivity contribution >= 4 is 39.6 Å². The van der Waals surface area contributed by atoms with E-state index in [1.165, 1.54) is 6.20 Å². The summed E-state index contributed by atoms with van der Waals surface area (Å²) in [6.45, 7) is 0.938. The number of ether oxygens (including phenoxy) is 1. The first-order chi connectivity index (χ1) is 16.5. The Morgan fingerprint density at radius 1 is 1.15 bits per heavy atom. The number of nitrogens with zero attached hydrogens (tertiary/aromatic N) is 5. The number of hydrogen-bond donors (Lipinski definition) is 2. The summed E-state index contributed by atoms with van der Waals surface area (Å²) in [5, 5.41) is 17.2. The fraction of sp³-hybridized carbons (Fsp3) is 0.208. The highest BCUT2D eigenvalue weighted by atomic mass is 35.5. The minimum atomic E-state index is -0.656. The first kappa shape index (κ1) is 21.8. The lowest BCUT2D eigenvalue weighted by Crippen LogP contribution is -2.38. The van der Waals surface area contributed by atoms with E-state index in [-0.39, 0.29) is 16.3 Å². The summed E-state index contributed by atoms with van der Waals surface area (Å²) >= 11 is 6.08. The number of rotatable bonds is 5. The molecule has 0 saturated carbocycles. The lowest BCUT2D eigenvalue weighted by atomic mass is 9.96. The number of anilines is 3. The Kier molecular flexibility index (Phi) is 5.61. The lowest BCUT2D eigenvalue weighted by molar-refractivity contribution is 0.180. The van der Waals surface area contributed by atoms with Gasteiger partial charge in [-0.25, -0.2) is 15.0 Å². The second-order valence-corrected chi connectivity index (χ2v) is 8.39.